The van der Waals surface area contributed by atoms with Crippen molar-refractivity contribution >= 4 is 5.91 Å². The lowest BCUT2D eigenvalue weighted by molar-refractivity contribution is -0.127. The highest BCUT2D eigenvalue weighted by molar-refractivity contribution is 5.82. The minimum absolute atomic E-state index is 0.000121. The van der Waals surface area contributed by atoms with Crippen LogP contribution in [0.3, 0.4) is 0 Å². The van der Waals surface area contributed by atoms with Crippen LogP contribution >= 0.6 is 0 Å². The maximum atomic E-state index is 12.2. The first-order valence-electron chi connectivity index (χ1n) is 6.35. The predicted octanol–water partition coefficient (Wildman–Crippen LogP) is 0.209. The van der Waals surface area contributed by atoms with E-state index in [0.29, 0.717) is 12.4 Å². The number of carbonyl (C=O) groups excluding carboxylic acids is 1. The number of hydrogen-bond acceptors (Lipinski definition) is 4. The first-order chi connectivity index (χ1) is 8.49. The van der Waals surface area contributed by atoms with Gasteiger partial charge in [0.25, 0.3) is 0 Å². The Bertz CT molecular complexity index is 426. The zero-order valence-electron chi connectivity index (χ0n) is 11.2. The third-order valence-corrected chi connectivity index (χ3v) is 3.46. The van der Waals surface area contributed by atoms with Crippen molar-refractivity contribution in [3.8, 4) is 0 Å². The molecule has 1 aliphatic rings. The maximum absolute atomic E-state index is 12.2. The normalized spacial score (nSPS) is 22.7. The molecular weight excluding hydrogens is 230 g/mol. The summed E-state index contributed by atoms with van der Waals surface area (Å²) in [6.45, 7) is 5.54. The highest BCUT2D eigenvalue weighted by Gasteiger charge is 2.36. The molecule has 2 heterocycles. The summed E-state index contributed by atoms with van der Waals surface area (Å²) >= 11 is 0. The fourth-order valence-electron chi connectivity index (χ4n) is 2.39. The Balaban J connectivity index is 1.91. The Morgan fingerprint density at radius 2 is 2.44 bits per heavy atom. The summed E-state index contributed by atoms with van der Waals surface area (Å²) in [5, 5.41) is 10.3. The molecule has 0 spiro atoms. The second-order valence-electron chi connectivity index (χ2n) is 5.53. The molecule has 1 atom stereocenters. The molecule has 1 saturated heterocycles. The van der Waals surface area contributed by atoms with Crippen LogP contribution < -0.4 is 10.6 Å². The number of aryl methyl sites for hydroxylation is 1. The Morgan fingerprint density at radius 1 is 1.67 bits per heavy atom. The minimum Gasteiger partial charge on any atom is -0.347 e. The molecule has 0 bridgehead atoms. The van der Waals surface area contributed by atoms with Gasteiger partial charge < -0.3 is 10.6 Å². The molecule has 0 aromatic carbocycles. The van der Waals surface area contributed by atoms with Crippen molar-refractivity contribution in [1.82, 2.24) is 25.4 Å². The van der Waals surface area contributed by atoms with Crippen molar-refractivity contribution in [1.29, 1.82) is 0 Å². The summed E-state index contributed by atoms with van der Waals surface area (Å²) < 4.78 is 1.63. The van der Waals surface area contributed by atoms with Gasteiger partial charge in [0, 0.05) is 7.05 Å². The summed E-state index contributed by atoms with van der Waals surface area (Å²) in [4.78, 5) is 16.2. The van der Waals surface area contributed by atoms with Gasteiger partial charge >= 0.3 is 0 Å². The summed E-state index contributed by atoms with van der Waals surface area (Å²) in [5.41, 5.74) is -0.000121. The summed E-state index contributed by atoms with van der Waals surface area (Å²) in [7, 11) is 1.81. The molecule has 2 N–H and O–H groups in total. The highest BCUT2D eigenvalue weighted by atomic mass is 16.2. The van der Waals surface area contributed by atoms with Crippen LogP contribution in [-0.2, 0) is 18.4 Å². The molecule has 2 rings (SSSR count). The van der Waals surface area contributed by atoms with E-state index in [1.165, 1.54) is 0 Å². The molecule has 100 valence electrons. The second-order valence-corrected chi connectivity index (χ2v) is 5.53. The van der Waals surface area contributed by atoms with Crippen molar-refractivity contribution < 1.29 is 4.79 Å². The molecule has 1 aliphatic heterocycles. The topological polar surface area (TPSA) is 71.8 Å². The van der Waals surface area contributed by atoms with Gasteiger partial charge in [-0.3, -0.25) is 9.48 Å². The first-order valence-corrected chi connectivity index (χ1v) is 6.35. The van der Waals surface area contributed by atoms with E-state index >= 15 is 0 Å². The van der Waals surface area contributed by atoms with Crippen LogP contribution in [0.5, 0.6) is 0 Å². The van der Waals surface area contributed by atoms with Crippen LogP contribution in [0.1, 0.15) is 32.5 Å². The molecule has 0 radical (unpaired) electrons. The Labute approximate surface area is 107 Å². The highest BCUT2D eigenvalue weighted by Crippen LogP contribution is 2.30. The molecule has 6 nitrogen and oxygen atoms in total. The fourth-order valence-corrected chi connectivity index (χ4v) is 2.39. The zero-order chi connectivity index (χ0) is 13.2. The van der Waals surface area contributed by atoms with E-state index in [1.54, 1.807) is 11.0 Å². The van der Waals surface area contributed by atoms with Gasteiger partial charge in [-0.15, -0.1) is 0 Å². The van der Waals surface area contributed by atoms with Gasteiger partial charge in [0.05, 0.1) is 12.6 Å². The van der Waals surface area contributed by atoms with E-state index in [1.807, 2.05) is 7.05 Å². The van der Waals surface area contributed by atoms with E-state index in [9.17, 15) is 4.79 Å². The smallest absolute Gasteiger partial charge is 0.238 e. The number of piperidine rings is 1. The van der Waals surface area contributed by atoms with Gasteiger partial charge in [0.15, 0.2) is 5.82 Å². The molecule has 1 fully saturated rings. The van der Waals surface area contributed by atoms with Crippen molar-refractivity contribution in [3.05, 3.63) is 12.2 Å². The summed E-state index contributed by atoms with van der Waals surface area (Å²) in [6.07, 6.45) is 3.82. The molecule has 1 amide bonds. The van der Waals surface area contributed by atoms with Gasteiger partial charge in [-0.25, -0.2) is 4.98 Å². The van der Waals surface area contributed by atoms with Crippen molar-refractivity contribution in [2.24, 2.45) is 12.5 Å². The molecule has 1 aromatic rings. The van der Waals surface area contributed by atoms with Crippen molar-refractivity contribution in [3.63, 3.8) is 0 Å². The van der Waals surface area contributed by atoms with E-state index < -0.39 is 0 Å². The molecule has 0 saturated carbocycles. The lowest BCUT2D eigenvalue weighted by Gasteiger charge is -2.38. The van der Waals surface area contributed by atoms with Crippen LogP contribution in [0, 0.1) is 5.41 Å². The average Bonchev–Trinajstić information content (AvgIpc) is 2.71. The van der Waals surface area contributed by atoms with Crippen LogP contribution in [0.4, 0.5) is 0 Å². The molecular formula is C12H21N5O. The van der Waals surface area contributed by atoms with Crippen molar-refractivity contribution in [2.75, 3.05) is 6.54 Å². The largest absolute Gasteiger partial charge is 0.347 e. The van der Waals surface area contributed by atoms with Crippen LogP contribution in [-0.4, -0.2) is 33.3 Å². The van der Waals surface area contributed by atoms with Gasteiger partial charge in [-0.05, 0) is 24.8 Å². The third-order valence-electron chi connectivity index (χ3n) is 3.46. The fraction of sp³-hybridized carbons (Fsp3) is 0.750. The van der Waals surface area contributed by atoms with Gasteiger partial charge in [-0.2, -0.15) is 5.10 Å². The average molecular weight is 251 g/mol. The Kier molecular flexibility index (Phi) is 3.65. The molecule has 1 aromatic heterocycles. The van der Waals surface area contributed by atoms with E-state index in [4.69, 9.17) is 0 Å². The molecule has 6 heteroatoms. The lowest BCUT2D eigenvalue weighted by Crippen LogP contribution is -2.55. The number of carbonyl (C=O) groups is 1. The lowest BCUT2D eigenvalue weighted by atomic mass is 9.77. The monoisotopic (exact) mass is 251 g/mol. The Hall–Kier alpha value is -1.43. The summed E-state index contributed by atoms with van der Waals surface area (Å²) in [6, 6.07) is -0.130. The standard InChI is InChI=1S/C12H21N5O/c1-12(2)5-4-6-13-10(12)11(18)14-7-9-15-8-17(3)16-9/h8,10,13H,4-7H2,1-3H3,(H,14,18). The van der Waals surface area contributed by atoms with Gasteiger partial charge in [-0.1, -0.05) is 13.8 Å². The maximum Gasteiger partial charge on any atom is 0.238 e. The number of nitrogens with one attached hydrogen (secondary N) is 2. The van der Waals surface area contributed by atoms with Gasteiger partial charge in [0.1, 0.15) is 6.33 Å². The molecule has 18 heavy (non-hydrogen) atoms. The Morgan fingerprint density at radius 3 is 3.06 bits per heavy atom. The third kappa shape index (κ3) is 2.87. The van der Waals surface area contributed by atoms with E-state index in [-0.39, 0.29) is 17.4 Å². The molecule has 0 aliphatic carbocycles. The quantitative estimate of drug-likeness (QED) is 0.805. The molecule has 1 unspecified atom stereocenters. The van der Waals surface area contributed by atoms with Crippen molar-refractivity contribution in [2.45, 2.75) is 39.3 Å². The van der Waals surface area contributed by atoms with Crippen LogP contribution in [0.15, 0.2) is 6.33 Å². The van der Waals surface area contributed by atoms with Crippen LogP contribution in [0.25, 0.3) is 0 Å². The number of rotatable bonds is 3. The zero-order valence-corrected chi connectivity index (χ0v) is 11.2. The summed E-state index contributed by atoms with van der Waals surface area (Å²) in [5.74, 6) is 0.673. The minimum atomic E-state index is -0.130. The number of aromatic nitrogens is 3. The number of hydrogen-bond donors (Lipinski definition) is 2. The van der Waals surface area contributed by atoms with Gasteiger partial charge in [0.2, 0.25) is 5.91 Å². The first kappa shape index (κ1) is 13.0. The number of amides is 1. The SMILES string of the molecule is Cn1cnc(CNC(=O)C2NCCCC2(C)C)n1. The predicted molar refractivity (Wildman–Crippen MR) is 67.7 cm³/mol. The van der Waals surface area contributed by atoms with Crippen LogP contribution in [0.2, 0.25) is 0 Å². The van der Waals surface area contributed by atoms with E-state index in [0.717, 1.165) is 19.4 Å². The number of nitrogens with zero attached hydrogens (tertiary/aromatic N) is 3. The second kappa shape index (κ2) is 5.06. The van der Waals surface area contributed by atoms with E-state index in [2.05, 4.69) is 34.6 Å².